The average molecular weight is 199 g/mol. The van der Waals surface area contributed by atoms with Crippen molar-refractivity contribution in [2.24, 2.45) is 5.73 Å². The molecule has 0 aliphatic carbocycles. The Morgan fingerprint density at radius 2 is 2.00 bits per heavy atom. The molecule has 5 heteroatoms. The standard InChI is InChI=1S/C9H17N3O2/c1-2-3-4-5-11-9(14)7-12-8(13)6-10/h2-3H,4-7,10H2,1H3,(H,11,14)(H,12,13)/b3-2+. The van der Waals surface area contributed by atoms with Crippen molar-refractivity contribution < 1.29 is 9.59 Å². The number of nitrogens with one attached hydrogen (secondary N) is 2. The highest BCUT2D eigenvalue weighted by atomic mass is 16.2. The van der Waals surface area contributed by atoms with Crippen molar-refractivity contribution in [1.82, 2.24) is 10.6 Å². The molecule has 4 N–H and O–H groups in total. The van der Waals surface area contributed by atoms with Crippen LogP contribution in [0.5, 0.6) is 0 Å². The number of amides is 2. The number of carbonyl (C=O) groups excluding carboxylic acids is 2. The summed E-state index contributed by atoms with van der Waals surface area (Å²) < 4.78 is 0. The van der Waals surface area contributed by atoms with Crippen LogP contribution in [0, 0.1) is 0 Å². The smallest absolute Gasteiger partial charge is 0.239 e. The molecule has 5 nitrogen and oxygen atoms in total. The van der Waals surface area contributed by atoms with E-state index in [9.17, 15) is 9.59 Å². The van der Waals surface area contributed by atoms with E-state index in [4.69, 9.17) is 5.73 Å². The summed E-state index contributed by atoms with van der Waals surface area (Å²) in [6.45, 7) is 2.41. The lowest BCUT2D eigenvalue weighted by Crippen LogP contribution is -2.39. The molecule has 0 aliphatic rings. The van der Waals surface area contributed by atoms with Gasteiger partial charge in [0.1, 0.15) is 0 Å². The zero-order valence-electron chi connectivity index (χ0n) is 8.38. The van der Waals surface area contributed by atoms with Crippen molar-refractivity contribution in [3.05, 3.63) is 12.2 Å². The highest BCUT2D eigenvalue weighted by Gasteiger charge is 2.01. The van der Waals surface area contributed by atoms with Crippen LogP contribution in [-0.4, -0.2) is 31.4 Å². The first-order valence-electron chi connectivity index (χ1n) is 4.55. The van der Waals surface area contributed by atoms with Gasteiger partial charge in [0.25, 0.3) is 0 Å². The van der Waals surface area contributed by atoms with Crippen LogP contribution in [0.1, 0.15) is 13.3 Å². The minimum atomic E-state index is -0.325. The molecular weight excluding hydrogens is 182 g/mol. The fraction of sp³-hybridized carbons (Fsp3) is 0.556. The fourth-order valence-corrected chi connectivity index (χ4v) is 0.775. The van der Waals surface area contributed by atoms with Crippen molar-refractivity contribution in [3.63, 3.8) is 0 Å². The minimum absolute atomic E-state index is 0.00806. The Hall–Kier alpha value is -1.36. The Morgan fingerprint density at radius 1 is 1.29 bits per heavy atom. The predicted octanol–water partition coefficient (Wildman–Crippen LogP) is -0.856. The van der Waals surface area contributed by atoms with Gasteiger partial charge in [-0.3, -0.25) is 9.59 Å². The highest BCUT2D eigenvalue weighted by molar-refractivity contribution is 5.85. The average Bonchev–Trinajstić information content (AvgIpc) is 2.21. The van der Waals surface area contributed by atoms with Crippen molar-refractivity contribution in [2.45, 2.75) is 13.3 Å². The number of carbonyl (C=O) groups is 2. The monoisotopic (exact) mass is 199 g/mol. The van der Waals surface area contributed by atoms with Gasteiger partial charge in [-0.2, -0.15) is 0 Å². The summed E-state index contributed by atoms with van der Waals surface area (Å²) in [4.78, 5) is 21.7. The van der Waals surface area contributed by atoms with E-state index in [1.165, 1.54) is 0 Å². The third-order valence-electron chi connectivity index (χ3n) is 1.50. The summed E-state index contributed by atoms with van der Waals surface area (Å²) in [6, 6.07) is 0. The van der Waals surface area contributed by atoms with Crippen LogP contribution in [0.2, 0.25) is 0 Å². The van der Waals surface area contributed by atoms with Gasteiger partial charge < -0.3 is 16.4 Å². The third-order valence-corrected chi connectivity index (χ3v) is 1.50. The van der Waals surface area contributed by atoms with E-state index in [0.717, 1.165) is 6.42 Å². The fourth-order valence-electron chi connectivity index (χ4n) is 0.775. The van der Waals surface area contributed by atoms with Gasteiger partial charge in [-0.15, -0.1) is 0 Å². The number of hydrogen-bond donors (Lipinski definition) is 3. The number of allylic oxidation sites excluding steroid dienone is 1. The molecule has 0 heterocycles. The molecular formula is C9H17N3O2. The van der Waals surface area contributed by atoms with Gasteiger partial charge in [-0.1, -0.05) is 12.2 Å². The maximum Gasteiger partial charge on any atom is 0.239 e. The molecule has 0 saturated heterocycles. The van der Waals surface area contributed by atoms with Crippen LogP contribution in [-0.2, 0) is 9.59 Å². The summed E-state index contributed by atoms with van der Waals surface area (Å²) in [6.07, 6.45) is 4.67. The summed E-state index contributed by atoms with van der Waals surface area (Å²) >= 11 is 0. The molecule has 2 amide bonds. The maximum atomic E-state index is 11.0. The van der Waals surface area contributed by atoms with E-state index in [2.05, 4.69) is 10.6 Å². The molecule has 0 atom stereocenters. The Labute approximate surface area is 83.7 Å². The summed E-state index contributed by atoms with van der Waals surface area (Å²) in [7, 11) is 0. The number of rotatable bonds is 6. The molecule has 0 fully saturated rings. The Bertz CT molecular complexity index is 214. The van der Waals surface area contributed by atoms with Crippen molar-refractivity contribution in [1.29, 1.82) is 0 Å². The Morgan fingerprint density at radius 3 is 2.57 bits per heavy atom. The summed E-state index contributed by atoms with van der Waals surface area (Å²) in [5, 5.41) is 5.03. The van der Waals surface area contributed by atoms with E-state index in [0.29, 0.717) is 6.54 Å². The van der Waals surface area contributed by atoms with Crippen molar-refractivity contribution in [2.75, 3.05) is 19.6 Å². The zero-order valence-corrected chi connectivity index (χ0v) is 8.38. The van der Waals surface area contributed by atoms with Crippen LogP contribution in [0.15, 0.2) is 12.2 Å². The topological polar surface area (TPSA) is 84.2 Å². The number of hydrogen-bond acceptors (Lipinski definition) is 3. The van der Waals surface area contributed by atoms with E-state index in [1.54, 1.807) is 0 Å². The molecule has 0 rings (SSSR count). The molecule has 14 heavy (non-hydrogen) atoms. The van der Waals surface area contributed by atoms with E-state index in [1.807, 2.05) is 19.1 Å². The first kappa shape index (κ1) is 12.6. The largest absolute Gasteiger partial charge is 0.354 e. The van der Waals surface area contributed by atoms with E-state index < -0.39 is 0 Å². The summed E-state index contributed by atoms with van der Waals surface area (Å²) in [5.74, 6) is -0.523. The van der Waals surface area contributed by atoms with Crippen molar-refractivity contribution in [3.8, 4) is 0 Å². The molecule has 0 saturated carbocycles. The van der Waals surface area contributed by atoms with Crippen molar-refractivity contribution >= 4 is 11.8 Å². The lowest BCUT2D eigenvalue weighted by Gasteiger charge is -2.04. The van der Waals surface area contributed by atoms with Gasteiger partial charge in [0.05, 0.1) is 13.1 Å². The molecule has 0 aromatic rings. The lowest BCUT2D eigenvalue weighted by atomic mass is 10.4. The molecule has 0 unspecified atom stereocenters. The van der Waals surface area contributed by atoms with Crippen LogP contribution in [0.3, 0.4) is 0 Å². The molecule has 0 aromatic heterocycles. The summed E-state index contributed by atoms with van der Waals surface area (Å²) in [5.41, 5.74) is 5.05. The molecule has 0 radical (unpaired) electrons. The lowest BCUT2D eigenvalue weighted by molar-refractivity contribution is -0.125. The molecule has 0 bridgehead atoms. The Balaban J connectivity index is 3.41. The van der Waals surface area contributed by atoms with Crippen LogP contribution < -0.4 is 16.4 Å². The molecule has 0 spiro atoms. The molecule has 80 valence electrons. The van der Waals surface area contributed by atoms with Gasteiger partial charge in [0, 0.05) is 6.54 Å². The van der Waals surface area contributed by atoms with Crippen LogP contribution in [0.25, 0.3) is 0 Å². The van der Waals surface area contributed by atoms with Gasteiger partial charge >= 0.3 is 0 Å². The second kappa shape index (κ2) is 8.25. The van der Waals surface area contributed by atoms with Gasteiger partial charge in [-0.05, 0) is 13.3 Å². The first-order chi connectivity index (χ1) is 6.70. The predicted molar refractivity (Wildman–Crippen MR) is 54.5 cm³/mol. The second-order valence-corrected chi connectivity index (χ2v) is 2.69. The first-order valence-corrected chi connectivity index (χ1v) is 4.55. The Kier molecular flexibility index (Phi) is 7.45. The van der Waals surface area contributed by atoms with Crippen LogP contribution >= 0.6 is 0 Å². The molecule has 0 aromatic carbocycles. The highest BCUT2D eigenvalue weighted by Crippen LogP contribution is 1.78. The van der Waals surface area contributed by atoms with Gasteiger partial charge in [0.2, 0.25) is 11.8 Å². The third kappa shape index (κ3) is 7.30. The van der Waals surface area contributed by atoms with Crippen LogP contribution in [0.4, 0.5) is 0 Å². The van der Waals surface area contributed by atoms with E-state index >= 15 is 0 Å². The van der Waals surface area contributed by atoms with E-state index in [-0.39, 0.29) is 24.9 Å². The van der Waals surface area contributed by atoms with Gasteiger partial charge in [-0.25, -0.2) is 0 Å². The normalized spacial score (nSPS) is 10.1. The quantitative estimate of drug-likeness (QED) is 0.384. The zero-order chi connectivity index (χ0) is 10.8. The van der Waals surface area contributed by atoms with Gasteiger partial charge in [0.15, 0.2) is 0 Å². The minimum Gasteiger partial charge on any atom is -0.354 e. The second-order valence-electron chi connectivity index (χ2n) is 2.69. The SMILES string of the molecule is C/C=C/CCNC(=O)CNC(=O)CN. The molecule has 0 aliphatic heterocycles. The maximum absolute atomic E-state index is 11.0. The number of nitrogens with two attached hydrogens (primary N) is 1.